The molecular formula is C67H96N2O25. The zero-order valence-corrected chi connectivity index (χ0v) is 55.8. The van der Waals surface area contributed by atoms with E-state index in [4.69, 9.17) is 61.6 Å². The number of hydrogen-bond acceptors (Lipinski definition) is 25. The molecule has 94 heavy (non-hydrogen) atoms. The highest BCUT2D eigenvalue weighted by molar-refractivity contribution is 6.26. The molecular weight excluding hydrogens is 1230 g/mol. The Balaban J connectivity index is 0.911. The number of fused-ring (bicyclic) bond motifs is 4. The lowest BCUT2D eigenvalue weighted by atomic mass is 9.49. The number of amides is 1. The summed E-state index contributed by atoms with van der Waals surface area (Å²) in [5.41, 5.74) is -5.02. The number of Topliss-reactive ketones (excluding diaryl/α,β-unsaturated/α-hetero) is 1. The van der Waals surface area contributed by atoms with Crippen LogP contribution in [0.25, 0.3) is 0 Å². The first-order valence-corrected chi connectivity index (χ1v) is 33.2. The van der Waals surface area contributed by atoms with Crippen molar-refractivity contribution in [2.24, 2.45) is 40.9 Å². The second-order valence-electron chi connectivity index (χ2n) is 28.4. The third-order valence-electron chi connectivity index (χ3n) is 21.8. The average Bonchev–Trinajstić information content (AvgIpc) is 1.35. The number of aliphatic hydroxyl groups excluding tert-OH is 5. The minimum atomic E-state index is -2.22. The lowest BCUT2D eigenvalue weighted by Crippen LogP contribution is -2.65. The number of aldehydes is 1. The number of nitrogens with one attached hydrogen (secondary N) is 1. The van der Waals surface area contributed by atoms with Crippen LogP contribution < -0.4 is 5.32 Å². The molecule has 2 bridgehead atoms. The molecule has 524 valence electrons. The molecule has 27 nitrogen and oxygen atoms in total. The van der Waals surface area contributed by atoms with E-state index in [0.717, 1.165) is 7.11 Å². The van der Waals surface area contributed by atoms with Crippen molar-refractivity contribution in [2.75, 3.05) is 7.11 Å². The highest BCUT2D eigenvalue weighted by Crippen LogP contribution is 2.61. The van der Waals surface area contributed by atoms with E-state index in [2.05, 4.69) is 5.32 Å². The molecule has 6 saturated heterocycles. The summed E-state index contributed by atoms with van der Waals surface area (Å²) >= 11 is 0. The number of hydrogen-bond donors (Lipinski definition) is 6. The van der Waals surface area contributed by atoms with Crippen molar-refractivity contribution >= 4 is 30.1 Å². The smallest absolute Gasteiger partial charge is 0.407 e. The quantitative estimate of drug-likeness (QED) is 0.0243. The normalized spacial score (nSPS) is 48.6. The number of nitro groups is 1. The standard InChI is InChI=1S/C67H96N2O25/c1-29-14-18-47(89-53-27-65(11,69(80)81)60(37(9)87-53)68-64(79)82-13)30(2)21-42-44(73)22-39(28-70)26-67(42)62(77)54(63(78)94-67)61(76)66(12)41(29)16-15-40-55(66)31(3)20-32(4)56(40)92-52-25-48(59(36(8)86-52)88-38(10)71)90-50-23-45(74)58(35(7)84-50)93-51-24-46(75)57(34(6)85-51)91-49-19-17-43(72)33(5)83-49/h14-16,21-22,28,31-37,40-53,55-60,72-76H,17-20,23-27H2,1-13H3,(H,68,79)/b29-14+,30-21+,61-54-. The summed E-state index contributed by atoms with van der Waals surface area (Å²) < 4.78 is 81.0. The number of nitrogens with zero attached hydrogens (tertiary/aromatic N) is 1. The second kappa shape index (κ2) is 28.4. The number of aliphatic hydroxyl groups is 5. The molecule has 6 aliphatic heterocycles. The molecule has 27 heteroatoms. The maximum atomic E-state index is 15.6. The van der Waals surface area contributed by atoms with Gasteiger partial charge in [0.05, 0.1) is 86.6 Å². The number of ether oxygens (including phenoxy) is 13. The second-order valence-corrected chi connectivity index (χ2v) is 28.4. The van der Waals surface area contributed by atoms with E-state index >= 15 is 4.79 Å². The lowest BCUT2D eigenvalue weighted by Gasteiger charge is -2.56. The van der Waals surface area contributed by atoms with Gasteiger partial charge in [0, 0.05) is 68.1 Å². The van der Waals surface area contributed by atoms with Crippen LogP contribution in [-0.4, -0.2) is 208 Å². The molecule has 0 aromatic rings. The minimum absolute atomic E-state index is 0.0134. The van der Waals surface area contributed by atoms with Crippen molar-refractivity contribution in [3.05, 3.63) is 68.5 Å². The van der Waals surface area contributed by atoms with Gasteiger partial charge in [0.15, 0.2) is 43.2 Å². The van der Waals surface area contributed by atoms with Gasteiger partial charge in [-0.05, 0) is 103 Å². The van der Waals surface area contributed by atoms with E-state index in [0.29, 0.717) is 36.7 Å². The fourth-order valence-electron chi connectivity index (χ4n) is 17.0. The van der Waals surface area contributed by atoms with Crippen LogP contribution in [-0.2, 0) is 80.8 Å². The van der Waals surface area contributed by atoms with Gasteiger partial charge >= 0.3 is 18.0 Å². The van der Waals surface area contributed by atoms with Crippen molar-refractivity contribution in [1.82, 2.24) is 5.32 Å². The topological polar surface area (TPSA) is 362 Å². The molecule has 4 aliphatic carbocycles. The number of allylic oxidation sites excluding steroid dienone is 3. The maximum absolute atomic E-state index is 15.6. The summed E-state index contributed by atoms with van der Waals surface area (Å²) in [7, 11) is 1.14. The third-order valence-corrected chi connectivity index (χ3v) is 21.8. The van der Waals surface area contributed by atoms with Crippen LogP contribution >= 0.6 is 0 Å². The molecule has 30 unspecified atom stereocenters. The molecule has 1 spiro atoms. The number of carbonyl (C=O) groups is 5. The van der Waals surface area contributed by atoms with Gasteiger partial charge in [-0.2, -0.15) is 0 Å². The molecule has 10 aliphatic rings. The molecule has 6 N–H and O–H groups in total. The van der Waals surface area contributed by atoms with Gasteiger partial charge in [0.25, 0.3) is 0 Å². The van der Waals surface area contributed by atoms with Crippen molar-refractivity contribution < 1.29 is 116 Å². The molecule has 0 radical (unpaired) electrons. The van der Waals surface area contributed by atoms with E-state index in [1.54, 1.807) is 47.6 Å². The Labute approximate surface area is 547 Å². The summed E-state index contributed by atoms with van der Waals surface area (Å²) in [5, 5.41) is 73.7. The summed E-state index contributed by atoms with van der Waals surface area (Å²) in [5.74, 6) is -6.74. The van der Waals surface area contributed by atoms with Gasteiger partial charge in [-0.3, -0.25) is 24.5 Å². The Morgan fingerprint density at radius 2 is 1.31 bits per heavy atom. The monoisotopic (exact) mass is 1330 g/mol. The lowest BCUT2D eigenvalue weighted by molar-refractivity contribution is -0.584. The minimum Gasteiger partial charge on any atom is -0.511 e. The van der Waals surface area contributed by atoms with Crippen LogP contribution in [0, 0.1) is 51.0 Å². The van der Waals surface area contributed by atoms with Crippen LogP contribution in [0.1, 0.15) is 141 Å². The van der Waals surface area contributed by atoms with Gasteiger partial charge in [-0.1, -0.05) is 50.6 Å². The summed E-state index contributed by atoms with van der Waals surface area (Å²) in [6.07, 6.45) is -8.74. The Morgan fingerprint density at radius 1 is 0.713 bits per heavy atom. The van der Waals surface area contributed by atoms with Crippen LogP contribution in [0.4, 0.5) is 4.79 Å². The molecule has 1 amide bonds. The van der Waals surface area contributed by atoms with E-state index in [1.807, 2.05) is 45.9 Å². The zero-order valence-electron chi connectivity index (χ0n) is 55.8. The van der Waals surface area contributed by atoms with Crippen LogP contribution in [0.2, 0.25) is 0 Å². The number of methoxy groups -OCH3 is 1. The predicted octanol–water partition coefficient (Wildman–Crippen LogP) is 5.33. The van der Waals surface area contributed by atoms with Crippen LogP contribution in [0.5, 0.6) is 0 Å². The molecule has 0 aromatic heterocycles. The predicted molar refractivity (Wildman–Crippen MR) is 327 cm³/mol. The first-order chi connectivity index (χ1) is 44.3. The summed E-state index contributed by atoms with van der Waals surface area (Å²) in [6, 6.07) is -1.13. The maximum Gasteiger partial charge on any atom is 0.407 e. The first kappa shape index (κ1) is 71.7. The molecule has 30 atom stereocenters. The van der Waals surface area contributed by atoms with Crippen molar-refractivity contribution in [3.8, 4) is 0 Å². The van der Waals surface area contributed by atoms with Crippen molar-refractivity contribution in [2.45, 2.75) is 281 Å². The Kier molecular flexibility index (Phi) is 21.6. The molecule has 0 aromatic carbocycles. The summed E-state index contributed by atoms with van der Waals surface area (Å²) in [6.45, 7) is 20.6. The average molecular weight is 1330 g/mol. The third kappa shape index (κ3) is 13.9. The van der Waals surface area contributed by atoms with Gasteiger partial charge in [-0.25, -0.2) is 9.59 Å². The fourth-order valence-corrected chi connectivity index (χ4v) is 17.0. The molecule has 6 heterocycles. The van der Waals surface area contributed by atoms with Gasteiger partial charge in [0.2, 0.25) is 11.3 Å². The van der Waals surface area contributed by atoms with Gasteiger partial charge in [-0.15, -0.1) is 0 Å². The zero-order chi connectivity index (χ0) is 68.4. The first-order valence-electron chi connectivity index (χ1n) is 33.2. The largest absolute Gasteiger partial charge is 0.511 e. The van der Waals surface area contributed by atoms with Crippen LogP contribution in [0.3, 0.4) is 0 Å². The van der Waals surface area contributed by atoms with E-state index in [9.17, 15) is 54.8 Å². The number of esters is 2. The number of rotatable bonds is 14. The number of carbonyl (C=O) groups excluding carboxylic acids is 5. The highest BCUT2D eigenvalue weighted by atomic mass is 16.8. The molecule has 7 fully saturated rings. The van der Waals surface area contributed by atoms with E-state index in [1.165, 1.54) is 19.9 Å². The highest BCUT2D eigenvalue weighted by Gasteiger charge is 2.65. The van der Waals surface area contributed by atoms with Gasteiger partial charge < -0.3 is 92.4 Å². The number of ketones is 1. The van der Waals surface area contributed by atoms with Crippen molar-refractivity contribution in [3.63, 3.8) is 0 Å². The van der Waals surface area contributed by atoms with E-state index in [-0.39, 0.29) is 49.5 Å². The Hall–Kier alpha value is -5.11. The Bertz CT molecular complexity index is 2980. The van der Waals surface area contributed by atoms with Crippen LogP contribution in [0.15, 0.2) is 58.4 Å². The summed E-state index contributed by atoms with van der Waals surface area (Å²) in [4.78, 5) is 80.5. The van der Waals surface area contributed by atoms with Crippen molar-refractivity contribution in [1.29, 1.82) is 0 Å². The SMILES string of the molecule is COC(=O)NC1C(C)OC(OC2C/C=C(\C)C3C=CC4C(OC5CC(OC6CC(O)C(OC7CC(O)C(OC8CCC(O)C(C)O8)C(C)O7)C(C)O6)C(OC(C)=O)C(C)O5)C(C)CC(C)C4C3(C)/C(O)=C3/C(=O)OC4(CC(C=O)=CC(O)C4/C=C/2C)C3=O)CC1(C)[N+](=O)[O-]. The molecule has 10 rings (SSSR count). The van der Waals surface area contributed by atoms with Gasteiger partial charge in [0.1, 0.15) is 42.0 Å². The fraction of sp³-hybridized carbons (Fsp3) is 0.776. The number of alkyl carbamates (subject to hydrolysis) is 1. The Morgan fingerprint density at radius 3 is 1.91 bits per heavy atom. The van der Waals surface area contributed by atoms with E-state index < -0.39 is 216 Å². The molecule has 1 saturated carbocycles.